The summed E-state index contributed by atoms with van der Waals surface area (Å²) in [6, 6.07) is 0. The topological polar surface area (TPSA) is 57.6 Å². The first-order valence-electron chi connectivity index (χ1n) is 5.54. The maximum atomic E-state index is 11.3. The second kappa shape index (κ2) is 3.83. The number of amides is 1. The van der Waals surface area contributed by atoms with Crippen molar-refractivity contribution in [3.8, 4) is 0 Å². The molecule has 1 saturated heterocycles. The lowest BCUT2D eigenvalue weighted by atomic mass is 9.72. The molecule has 1 saturated carbocycles. The summed E-state index contributed by atoms with van der Waals surface area (Å²) in [5.41, 5.74) is 0. The van der Waals surface area contributed by atoms with E-state index in [1.165, 1.54) is 0 Å². The van der Waals surface area contributed by atoms with Gasteiger partial charge >= 0.3 is 5.97 Å². The number of carboxylic acids is 1. The zero-order valence-corrected chi connectivity index (χ0v) is 8.98. The van der Waals surface area contributed by atoms with Crippen LogP contribution in [-0.2, 0) is 9.59 Å². The average molecular weight is 211 g/mol. The van der Waals surface area contributed by atoms with Gasteiger partial charge in [0.15, 0.2) is 0 Å². The number of carbonyl (C=O) groups excluding carboxylic acids is 1. The summed E-state index contributed by atoms with van der Waals surface area (Å²) in [7, 11) is 0. The summed E-state index contributed by atoms with van der Waals surface area (Å²) in [6.45, 7) is 3.11. The molecule has 4 heteroatoms. The fourth-order valence-electron chi connectivity index (χ4n) is 3.02. The van der Waals surface area contributed by atoms with Crippen LogP contribution in [0.25, 0.3) is 0 Å². The van der Waals surface area contributed by atoms with Crippen molar-refractivity contribution in [2.24, 2.45) is 17.8 Å². The zero-order valence-electron chi connectivity index (χ0n) is 8.98. The third-order valence-electron chi connectivity index (χ3n) is 3.65. The van der Waals surface area contributed by atoms with E-state index in [9.17, 15) is 9.59 Å². The van der Waals surface area contributed by atoms with Crippen LogP contribution in [0.3, 0.4) is 0 Å². The molecule has 0 radical (unpaired) electrons. The summed E-state index contributed by atoms with van der Waals surface area (Å²) in [5, 5.41) is 8.99. The molecule has 2 aliphatic rings. The summed E-state index contributed by atoms with van der Waals surface area (Å²) in [6.07, 6.45) is 2.60. The normalized spacial score (nSPS) is 35.0. The van der Waals surface area contributed by atoms with E-state index in [0.29, 0.717) is 11.8 Å². The molecule has 2 rings (SSSR count). The van der Waals surface area contributed by atoms with Crippen LogP contribution >= 0.6 is 0 Å². The van der Waals surface area contributed by atoms with E-state index in [-0.39, 0.29) is 11.8 Å². The molecule has 15 heavy (non-hydrogen) atoms. The summed E-state index contributed by atoms with van der Waals surface area (Å²) in [5.74, 6) is 0.0901. The highest BCUT2D eigenvalue weighted by molar-refractivity contribution is 5.73. The highest BCUT2D eigenvalue weighted by Gasteiger charge is 2.38. The van der Waals surface area contributed by atoms with Gasteiger partial charge in [-0.2, -0.15) is 0 Å². The first kappa shape index (κ1) is 10.5. The molecular weight excluding hydrogens is 194 g/mol. The molecule has 0 aromatic rings. The lowest BCUT2D eigenvalue weighted by Crippen LogP contribution is -2.47. The molecule has 1 aliphatic carbocycles. The van der Waals surface area contributed by atoms with Crippen LogP contribution in [0.4, 0.5) is 0 Å². The number of aliphatic carboxylic acids is 1. The van der Waals surface area contributed by atoms with Gasteiger partial charge in [0.1, 0.15) is 0 Å². The van der Waals surface area contributed by atoms with Gasteiger partial charge in [0.25, 0.3) is 0 Å². The van der Waals surface area contributed by atoms with Gasteiger partial charge in [0, 0.05) is 20.0 Å². The van der Waals surface area contributed by atoms with Gasteiger partial charge in [0.2, 0.25) is 5.91 Å². The molecule has 1 amide bonds. The van der Waals surface area contributed by atoms with E-state index in [1.807, 2.05) is 4.90 Å². The van der Waals surface area contributed by atoms with Crippen molar-refractivity contribution in [3.05, 3.63) is 0 Å². The molecule has 4 nitrogen and oxygen atoms in total. The highest BCUT2D eigenvalue weighted by atomic mass is 16.4. The van der Waals surface area contributed by atoms with Crippen molar-refractivity contribution in [1.82, 2.24) is 4.90 Å². The number of hydrogen-bond donors (Lipinski definition) is 1. The second-order valence-corrected chi connectivity index (χ2v) is 4.90. The van der Waals surface area contributed by atoms with Crippen molar-refractivity contribution in [2.45, 2.75) is 26.2 Å². The van der Waals surface area contributed by atoms with E-state index >= 15 is 0 Å². The molecule has 2 fully saturated rings. The maximum Gasteiger partial charge on any atom is 0.306 e. The van der Waals surface area contributed by atoms with Gasteiger partial charge in [-0.1, -0.05) is 0 Å². The van der Waals surface area contributed by atoms with Crippen molar-refractivity contribution in [3.63, 3.8) is 0 Å². The summed E-state index contributed by atoms with van der Waals surface area (Å²) < 4.78 is 0. The number of rotatable bonds is 1. The molecule has 1 N–H and O–H groups in total. The first-order chi connectivity index (χ1) is 7.06. The van der Waals surface area contributed by atoms with Crippen molar-refractivity contribution in [2.75, 3.05) is 13.1 Å². The molecule has 0 spiro atoms. The minimum atomic E-state index is -0.666. The lowest BCUT2D eigenvalue weighted by molar-refractivity contribution is -0.146. The maximum absolute atomic E-state index is 11.3. The van der Waals surface area contributed by atoms with Crippen molar-refractivity contribution < 1.29 is 14.7 Å². The standard InChI is InChI=1S/C11H17NO3/c1-7(13)12-5-8-2-9(6-12)4-10(3-8)11(14)15/h8-10H,2-6H2,1H3,(H,14,15). The van der Waals surface area contributed by atoms with Crippen molar-refractivity contribution in [1.29, 1.82) is 0 Å². The van der Waals surface area contributed by atoms with Crippen LogP contribution in [0, 0.1) is 17.8 Å². The predicted octanol–water partition coefficient (Wildman–Crippen LogP) is 0.966. The van der Waals surface area contributed by atoms with Gasteiger partial charge in [-0.15, -0.1) is 0 Å². The number of hydrogen-bond acceptors (Lipinski definition) is 2. The monoisotopic (exact) mass is 211 g/mol. The Labute approximate surface area is 89.3 Å². The number of fused-ring (bicyclic) bond motifs is 2. The number of nitrogens with zero attached hydrogens (tertiary/aromatic N) is 1. The highest BCUT2D eigenvalue weighted by Crippen LogP contribution is 2.37. The Hall–Kier alpha value is -1.06. The first-order valence-corrected chi connectivity index (χ1v) is 5.54. The molecule has 2 atom stereocenters. The van der Waals surface area contributed by atoms with Crippen LogP contribution in [0.2, 0.25) is 0 Å². The van der Waals surface area contributed by atoms with Gasteiger partial charge in [-0.05, 0) is 31.1 Å². The van der Waals surface area contributed by atoms with Crippen LogP contribution < -0.4 is 0 Å². The number of piperidine rings is 1. The molecular formula is C11H17NO3. The Morgan fingerprint density at radius 2 is 1.67 bits per heavy atom. The zero-order chi connectivity index (χ0) is 11.0. The molecule has 0 aromatic carbocycles. The Kier molecular flexibility index (Phi) is 2.67. The Morgan fingerprint density at radius 1 is 1.13 bits per heavy atom. The Balaban J connectivity index is 2.02. The summed E-state index contributed by atoms with van der Waals surface area (Å²) in [4.78, 5) is 24.0. The second-order valence-electron chi connectivity index (χ2n) is 4.90. The van der Waals surface area contributed by atoms with Gasteiger partial charge in [0.05, 0.1) is 5.92 Å². The average Bonchev–Trinajstić information content (AvgIpc) is 2.15. The quantitative estimate of drug-likeness (QED) is 0.703. The molecule has 0 aromatic heterocycles. The number of carboxylic acid groups (broad SMARTS) is 1. The molecule has 2 unspecified atom stereocenters. The van der Waals surface area contributed by atoms with Crippen LogP contribution in [-0.4, -0.2) is 35.0 Å². The van der Waals surface area contributed by atoms with Crippen LogP contribution in [0.1, 0.15) is 26.2 Å². The molecule has 1 aliphatic heterocycles. The van der Waals surface area contributed by atoms with Gasteiger partial charge in [-0.3, -0.25) is 9.59 Å². The van der Waals surface area contributed by atoms with Gasteiger partial charge < -0.3 is 10.0 Å². The van der Waals surface area contributed by atoms with Crippen molar-refractivity contribution >= 4 is 11.9 Å². The fourth-order valence-corrected chi connectivity index (χ4v) is 3.02. The SMILES string of the molecule is CC(=O)N1CC2CC(CC(C(=O)O)C2)C1. The summed E-state index contributed by atoms with van der Waals surface area (Å²) >= 11 is 0. The third kappa shape index (κ3) is 2.13. The fraction of sp³-hybridized carbons (Fsp3) is 0.818. The Bertz CT molecular complexity index is 250. The predicted molar refractivity (Wildman–Crippen MR) is 54.2 cm³/mol. The van der Waals surface area contributed by atoms with E-state index < -0.39 is 5.97 Å². The number of carbonyl (C=O) groups is 2. The van der Waals surface area contributed by atoms with E-state index in [4.69, 9.17) is 5.11 Å². The van der Waals surface area contributed by atoms with Gasteiger partial charge in [-0.25, -0.2) is 0 Å². The smallest absolute Gasteiger partial charge is 0.306 e. The molecule has 2 bridgehead atoms. The van der Waals surface area contributed by atoms with E-state index in [2.05, 4.69) is 0 Å². The van der Waals surface area contributed by atoms with Crippen LogP contribution in [0.5, 0.6) is 0 Å². The van der Waals surface area contributed by atoms with E-state index in [0.717, 1.165) is 32.4 Å². The number of likely N-dealkylation sites (tertiary alicyclic amines) is 1. The molecule has 1 heterocycles. The largest absolute Gasteiger partial charge is 0.481 e. The Morgan fingerprint density at radius 3 is 2.07 bits per heavy atom. The third-order valence-corrected chi connectivity index (χ3v) is 3.65. The molecule has 84 valence electrons. The van der Waals surface area contributed by atoms with E-state index in [1.54, 1.807) is 6.92 Å². The minimum absolute atomic E-state index is 0.124. The van der Waals surface area contributed by atoms with Crippen LogP contribution in [0.15, 0.2) is 0 Å². The minimum Gasteiger partial charge on any atom is -0.481 e. The lowest BCUT2D eigenvalue weighted by Gasteiger charge is -2.43.